The fraction of sp³-hybridized carbons (Fsp3) is 0.900. The Labute approximate surface area is 76.5 Å². The van der Waals surface area contributed by atoms with Gasteiger partial charge in [-0.1, -0.05) is 13.3 Å². The third kappa shape index (κ3) is 7.58. The van der Waals surface area contributed by atoms with E-state index < -0.39 is 0 Å². The van der Waals surface area contributed by atoms with Crippen LogP contribution in [0.1, 0.15) is 47.5 Å². The lowest BCUT2D eigenvalue weighted by Crippen LogP contribution is -2.39. The molecule has 72 valence electrons. The van der Waals surface area contributed by atoms with Gasteiger partial charge in [0.1, 0.15) is 0 Å². The molecule has 0 saturated heterocycles. The van der Waals surface area contributed by atoms with Crippen molar-refractivity contribution in [2.24, 2.45) is 4.99 Å². The Morgan fingerprint density at radius 1 is 1.33 bits per heavy atom. The Morgan fingerprint density at radius 2 is 1.92 bits per heavy atom. The van der Waals surface area contributed by atoms with Gasteiger partial charge in [0.15, 0.2) is 0 Å². The lowest BCUT2D eigenvalue weighted by Gasteiger charge is -2.21. The lowest BCUT2D eigenvalue weighted by molar-refractivity contribution is 0.509. The first kappa shape index (κ1) is 11.5. The van der Waals surface area contributed by atoms with E-state index >= 15 is 0 Å². The first-order chi connectivity index (χ1) is 5.45. The highest BCUT2D eigenvalue weighted by Crippen LogP contribution is 1.98. The van der Waals surface area contributed by atoms with Crippen LogP contribution in [0, 0.1) is 0 Å². The average molecular weight is 170 g/mol. The van der Waals surface area contributed by atoms with Crippen molar-refractivity contribution in [2.75, 3.05) is 6.54 Å². The van der Waals surface area contributed by atoms with Crippen molar-refractivity contribution < 1.29 is 0 Å². The van der Waals surface area contributed by atoms with Crippen LogP contribution in [0.3, 0.4) is 0 Å². The summed E-state index contributed by atoms with van der Waals surface area (Å²) >= 11 is 0. The third-order valence-electron chi connectivity index (χ3n) is 1.42. The van der Waals surface area contributed by atoms with E-state index in [0.29, 0.717) is 0 Å². The minimum Gasteiger partial charge on any atom is -0.369 e. The van der Waals surface area contributed by atoms with Crippen molar-refractivity contribution in [3.63, 3.8) is 0 Å². The molecule has 0 atom stereocenters. The Balaban J connectivity index is 3.70. The van der Waals surface area contributed by atoms with Gasteiger partial charge in [0.25, 0.3) is 0 Å². The predicted octanol–water partition coefficient (Wildman–Crippen LogP) is 2.59. The molecule has 0 saturated carbocycles. The van der Waals surface area contributed by atoms with Gasteiger partial charge in [-0.15, -0.1) is 0 Å². The van der Waals surface area contributed by atoms with Gasteiger partial charge in [-0.25, -0.2) is 0 Å². The summed E-state index contributed by atoms with van der Waals surface area (Å²) in [5.74, 6) is 1.05. The summed E-state index contributed by atoms with van der Waals surface area (Å²) in [4.78, 5) is 4.40. The van der Waals surface area contributed by atoms with Gasteiger partial charge in [0, 0.05) is 12.1 Å². The van der Waals surface area contributed by atoms with E-state index in [9.17, 15) is 0 Å². The molecular formula is C10H22N2. The first-order valence-corrected chi connectivity index (χ1v) is 4.75. The SMILES string of the molecule is CCCCN=C(C)NC(C)(C)C. The smallest absolute Gasteiger partial charge is 0.0935 e. The minimum atomic E-state index is 0.139. The average Bonchev–Trinajstić information content (AvgIpc) is 1.84. The molecule has 0 aliphatic rings. The highest BCUT2D eigenvalue weighted by Gasteiger charge is 2.08. The summed E-state index contributed by atoms with van der Waals surface area (Å²) in [6.45, 7) is 11.6. The van der Waals surface area contributed by atoms with E-state index in [4.69, 9.17) is 0 Å². The van der Waals surface area contributed by atoms with Crippen LogP contribution < -0.4 is 5.32 Å². The van der Waals surface area contributed by atoms with Gasteiger partial charge >= 0.3 is 0 Å². The number of hydrogen-bond acceptors (Lipinski definition) is 1. The third-order valence-corrected chi connectivity index (χ3v) is 1.42. The summed E-state index contributed by atoms with van der Waals surface area (Å²) in [7, 11) is 0. The van der Waals surface area contributed by atoms with Crippen molar-refractivity contribution in [1.82, 2.24) is 5.32 Å². The number of hydrogen-bond donors (Lipinski definition) is 1. The van der Waals surface area contributed by atoms with Gasteiger partial charge in [0.2, 0.25) is 0 Å². The van der Waals surface area contributed by atoms with Crippen LogP contribution in [-0.4, -0.2) is 17.9 Å². The van der Waals surface area contributed by atoms with Crippen LogP contribution in [0.15, 0.2) is 4.99 Å². The second kappa shape index (κ2) is 5.18. The number of amidine groups is 1. The number of rotatable bonds is 3. The Hall–Kier alpha value is -0.530. The van der Waals surface area contributed by atoms with Crippen LogP contribution in [0.4, 0.5) is 0 Å². The zero-order valence-electron chi connectivity index (χ0n) is 9.07. The molecular weight excluding hydrogens is 148 g/mol. The Morgan fingerprint density at radius 3 is 2.33 bits per heavy atom. The molecule has 0 fully saturated rings. The minimum absolute atomic E-state index is 0.139. The quantitative estimate of drug-likeness (QED) is 0.393. The van der Waals surface area contributed by atoms with Crippen LogP contribution in [-0.2, 0) is 0 Å². The molecule has 0 unspecified atom stereocenters. The van der Waals surface area contributed by atoms with Gasteiger partial charge in [-0.2, -0.15) is 0 Å². The zero-order chi connectivity index (χ0) is 9.61. The van der Waals surface area contributed by atoms with Crippen LogP contribution in [0.5, 0.6) is 0 Å². The molecule has 0 rings (SSSR count). The Bertz CT molecular complexity index is 142. The molecule has 0 amide bonds. The maximum absolute atomic E-state index is 4.40. The fourth-order valence-electron chi connectivity index (χ4n) is 0.987. The zero-order valence-corrected chi connectivity index (χ0v) is 9.07. The maximum atomic E-state index is 4.40. The highest BCUT2D eigenvalue weighted by molar-refractivity contribution is 5.80. The number of aliphatic imine (C=N–C) groups is 1. The van der Waals surface area contributed by atoms with Crippen LogP contribution in [0.25, 0.3) is 0 Å². The van der Waals surface area contributed by atoms with Crippen molar-refractivity contribution in [3.8, 4) is 0 Å². The van der Waals surface area contributed by atoms with E-state index in [1.807, 2.05) is 6.92 Å². The highest BCUT2D eigenvalue weighted by atomic mass is 15.0. The normalized spacial score (nSPS) is 13.2. The first-order valence-electron chi connectivity index (χ1n) is 4.75. The standard InChI is InChI=1S/C10H22N2/c1-6-7-8-11-9(2)12-10(3,4)5/h6-8H2,1-5H3,(H,11,12). The molecule has 0 aromatic heterocycles. The summed E-state index contributed by atoms with van der Waals surface area (Å²) in [6.07, 6.45) is 2.40. The topological polar surface area (TPSA) is 24.4 Å². The van der Waals surface area contributed by atoms with Crippen molar-refractivity contribution in [3.05, 3.63) is 0 Å². The fourth-order valence-corrected chi connectivity index (χ4v) is 0.987. The van der Waals surface area contributed by atoms with Gasteiger partial charge in [-0.3, -0.25) is 4.99 Å². The summed E-state index contributed by atoms with van der Waals surface area (Å²) in [5.41, 5.74) is 0.139. The maximum Gasteiger partial charge on any atom is 0.0935 e. The van der Waals surface area contributed by atoms with Gasteiger partial charge < -0.3 is 5.32 Å². The molecule has 0 heterocycles. The van der Waals surface area contributed by atoms with E-state index in [0.717, 1.165) is 12.4 Å². The molecule has 2 nitrogen and oxygen atoms in total. The lowest BCUT2D eigenvalue weighted by atomic mass is 10.1. The van der Waals surface area contributed by atoms with Crippen molar-refractivity contribution in [1.29, 1.82) is 0 Å². The molecule has 0 aliphatic carbocycles. The van der Waals surface area contributed by atoms with Crippen molar-refractivity contribution >= 4 is 5.84 Å². The van der Waals surface area contributed by atoms with E-state index in [1.165, 1.54) is 12.8 Å². The number of nitrogens with one attached hydrogen (secondary N) is 1. The molecule has 0 spiro atoms. The molecule has 0 aromatic carbocycles. The number of nitrogens with zero attached hydrogens (tertiary/aromatic N) is 1. The van der Waals surface area contributed by atoms with Gasteiger partial charge in [0.05, 0.1) is 5.84 Å². The van der Waals surface area contributed by atoms with Crippen LogP contribution >= 0.6 is 0 Å². The summed E-state index contributed by atoms with van der Waals surface area (Å²) in [6, 6.07) is 0. The molecule has 0 aliphatic heterocycles. The second-order valence-corrected chi connectivity index (χ2v) is 4.20. The molecule has 0 radical (unpaired) electrons. The number of unbranched alkanes of at least 4 members (excludes halogenated alkanes) is 1. The van der Waals surface area contributed by atoms with E-state index in [2.05, 4.69) is 38.0 Å². The van der Waals surface area contributed by atoms with Crippen molar-refractivity contribution in [2.45, 2.75) is 53.0 Å². The summed E-state index contributed by atoms with van der Waals surface area (Å²) < 4.78 is 0. The molecule has 0 bridgehead atoms. The Kier molecular flexibility index (Phi) is 4.95. The molecule has 2 heteroatoms. The molecule has 0 aromatic rings. The molecule has 12 heavy (non-hydrogen) atoms. The van der Waals surface area contributed by atoms with E-state index in [-0.39, 0.29) is 5.54 Å². The van der Waals surface area contributed by atoms with Gasteiger partial charge in [-0.05, 0) is 34.1 Å². The second-order valence-electron chi connectivity index (χ2n) is 4.20. The molecule has 1 N–H and O–H groups in total. The monoisotopic (exact) mass is 170 g/mol. The predicted molar refractivity (Wildman–Crippen MR) is 55.8 cm³/mol. The van der Waals surface area contributed by atoms with E-state index in [1.54, 1.807) is 0 Å². The largest absolute Gasteiger partial charge is 0.369 e. The summed E-state index contributed by atoms with van der Waals surface area (Å²) in [5, 5.41) is 3.33. The van der Waals surface area contributed by atoms with Crippen LogP contribution in [0.2, 0.25) is 0 Å².